The van der Waals surface area contributed by atoms with Gasteiger partial charge in [0.15, 0.2) is 0 Å². The SMILES string of the molecule is COc1ccccc1[C@@H](C#N)NC(=O)[C@H]1CCN(C2CCCCC2)C1. The van der Waals surface area contributed by atoms with Gasteiger partial charge in [-0.2, -0.15) is 5.26 Å². The van der Waals surface area contributed by atoms with Crippen molar-refractivity contribution in [3.05, 3.63) is 29.8 Å². The van der Waals surface area contributed by atoms with Gasteiger partial charge in [0.2, 0.25) is 5.91 Å². The number of likely N-dealkylation sites (tertiary alicyclic amines) is 1. The van der Waals surface area contributed by atoms with Gasteiger partial charge in [0.1, 0.15) is 11.8 Å². The number of amides is 1. The van der Waals surface area contributed by atoms with Crippen LogP contribution in [-0.4, -0.2) is 37.0 Å². The molecule has 0 aromatic heterocycles. The number of nitrogens with one attached hydrogen (secondary N) is 1. The van der Waals surface area contributed by atoms with Crippen molar-refractivity contribution in [2.45, 2.75) is 50.6 Å². The minimum atomic E-state index is -0.674. The largest absolute Gasteiger partial charge is 0.496 e. The van der Waals surface area contributed by atoms with Crippen LogP contribution in [-0.2, 0) is 4.79 Å². The van der Waals surface area contributed by atoms with Gasteiger partial charge in [0.25, 0.3) is 0 Å². The number of rotatable bonds is 5. The van der Waals surface area contributed by atoms with E-state index in [2.05, 4.69) is 16.3 Å². The normalized spacial score (nSPS) is 23.0. The van der Waals surface area contributed by atoms with Crippen LogP contribution in [0.5, 0.6) is 5.75 Å². The predicted molar refractivity (Wildman–Crippen MR) is 96.0 cm³/mol. The van der Waals surface area contributed by atoms with Gasteiger partial charge in [-0.25, -0.2) is 0 Å². The summed E-state index contributed by atoms with van der Waals surface area (Å²) in [5.41, 5.74) is 0.711. The quantitative estimate of drug-likeness (QED) is 0.894. The lowest BCUT2D eigenvalue weighted by Gasteiger charge is -2.31. The molecule has 1 aromatic rings. The Labute approximate surface area is 150 Å². The highest BCUT2D eigenvalue weighted by Gasteiger charge is 2.33. The molecule has 0 spiro atoms. The first-order valence-corrected chi connectivity index (χ1v) is 9.30. The van der Waals surface area contributed by atoms with Gasteiger partial charge >= 0.3 is 0 Å². The Hall–Kier alpha value is -2.06. The summed E-state index contributed by atoms with van der Waals surface area (Å²) >= 11 is 0. The lowest BCUT2D eigenvalue weighted by Crippen LogP contribution is -2.38. The first kappa shape index (κ1) is 17.8. The molecule has 0 bridgehead atoms. The zero-order valence-electron chi connectivity index (χ0n) is 14.9. The van der Waals surface area contributed by atoms with Crippen molar-refractivity contribution in [1.82, 2.24) is 10.2 Å². The molecule has 1 aromatic carbocycles. The highest BCUT2D eigenvalue weighted by molar-refractivity contribution is 5.80. The monoisotopic (exact) mass is 341 g/mol. The van der Waals surface area contributed by atoms with E-state index in [-0.39, 0.29) is 11.8 Å². The van der Waals surface area contributed by atoms with E-state index in [0.717, 1.165) is 19.5 Å². The summed E-state index contributed by atoms with van der Waals surface area (Å²) < 4.78 is 5.32. The van der Waals surface area contributed by atoms with Crippen molar-refractivity contribution >= 4 is 5.91 Å². The number of carbonyl (C=O) groups is 1. The molecule has 2 fully saturated rings. The number of ether oxygens (including phenoxy) is 1. The summed E-state index contributed by atoms with van der Waals surface area (Å²) in [5, 5.41) is 12.4. The smallest absolute Gasteiger partial charge is 0.225 e. The first-order valence-electron chi connectivity index (χ1n) is 9.30. The summed E-state index contributed by atoms with van der Waals surface area (Å²) in [6.07, 6.45) is 7.36. The maximum Gasteiger partial charge on any atom is 0.225 e. The van der Waals surface area contributed by atoms with Crippen molar-refractivity contribution in [2.24, 2.45) is 5.92 Å². The highest BCUT2D eigenvalue weighted by Crippen LogP contribution is 2.29. The fourth-order valence-electron chi connectivity index (χ4n) is 4.12. The van der Waals surface area contributed by atoms with Crippen molar-refractivity contribution < 1.29 is 9.53 Å². The maximum absolute atomic E-state index is 12.7. The summed E-state index contributed by atoms with van der Waals surface area (Å²) in [6.45, 7) is 1.81. The molecule has 1 amide bonds. The molecular formula is C20H27N3O2. The minimum Gasteiger partial charge on any atom is -0.496 e. The third-order valence-electron chi connectivity index (χ3n) is 5.55. The van der Waals surface area contributed by atoms with Crippen LogP contribution in [0.2, 0.25) is 0 Å². The fraction of sp³-hybridized carbons (Fsp3) is 0.600. The van der Waals surface area contributed by atoms with Crippen LogP contribution < -0.4 is 10.1 Å². The topological polar surface area (TPSA) is 65.4 Å². The third kappa shape index (κ3) is 4.13. The second kappa shape index (κ2) is 8.35. The molecule has 5 heteroatoms. The molecule has 1 N–H and O–H groups in total. The lowest BCUT2D eigenvalue weighted by atomic mass is 9.94. The van der Waals surface area contributed by atoms with Crippen molar-refractivity contribution in [1.29, 1.82) is 5.26 Å². The highest BCUT2D eigenvalue weighted by atomic mass is 16.5. The van der Waals surface area contributed by atoms with Crippen LogP contribution in [0, 0.1) is 17.2 Å². The van der Waals surface area contributed by atoms with Crippen LogP contribution in [0.15, 0.2) is 24.3 Å². The fourth-order valence-corrected chi connectivity index (χ4v) is 4.12. The zero-order chi connectivity index (χ0) is 17.6. The Morgan fingerprint density at radius 3 is 2.76 bits per heavy atom. The minimum absolute atomic E-state index is 0.0178. The molecule has 25 heavy (non-hydrogen) atoms. The molecule has 5 nitrogen and oxygen atoms in total. The van der Waals surface area contributed by atoms with Gasteiger partial charge in [0, 0.05) is 18.2 Å². The summed E-state index contributed by atoms with van der Waals surface area (Å²) in [5.74, 6) is 0.591. The Morgan fingerprint density at radius 1 is 1.28 bits per heavy atom. The number of benzene rings is 1. The zero-order valence-corrected chi connectivity index (χ0v) is 14.9. The van der Waals surface area contributed by atoms with Gasteiger partial charge in [-0.15, -0.1) is 0 Å². The van der Waals surface area contributed by atoms with Crippen LogP contribution in [0.3, 0.4) is 0 Å². The van der Waals surface area contributed by atoms with Crippen molar-refractivity contribution in [2.75, 3.05) is 20.2 Å². The number of nitrogens with zero attached hydrogens (tertiary/aromatic N) is 2. The molecule has 1 saturated carbocycles. The van der Waals surface area contributed by atoms with Crippen LogP contribution in [0.25, 0.3) is 0 Å². The number of hydrogen-bond acceptors (Lipinski definition) is 4. The molecule has 2 atom stereocenters. The Balaban J connectivity index is 1.60. The molecule has 1 aliphatic heterocycles. The maximum atomic E-state index is 12.7. The second-order valence-corrected chi connectivity index (χ2v) is 7.09. The summed E-state index contributed by atoms with van der Waals surface area (Å²) in [7, 11) is 1.58. The van der Waals surface area contributed by atoms with Crippen LogP contribution in [0.4, 0.5) is 0 Å². The first-order chi connectivity index (χ1) is 12.2. The van der Waals surface area contributed by atoms with E-state index < -0.39 is 6.04 Å². The van der Waals surface area contributed by atoms with Gasteiger partial charge in [0.05, 0.1) is 19.1 Å². The van der Waals surface area contributed by atoms with Crippen LogP contribution in [0.1, 0.15) is 50.1 Å². The number of carbonyl (C=O) groups excluding carboxylic acids is 1. The van der Waals surface area contributed by atoms with Gasteiger partial charge in [-0.05, 0) is 31.9 Å². The molecule has 0 unspecified atom stereocenters. The molecule has 0 radical (unpaired) electrons. The molecule has 134 valence electrons. The molecule has 1 heterocycles. The number of methoxy groups -OCH3 is 1. The predicted octanol–water partition coefficient (Wildman–Crippen LogP) is 3.03. The van der Waals surface area contributed by atoms with E-state index >= 15 is 0 Å². The molecular weight excluding hydrogens is 314 g/mol. The van der Waals surface area contributed by atoms with E-state index in [1.165, 1.54) is 32.1 Å². The Morgan fingerprint density at radius 2 is 2.04 bits per heavy atom. The average Bonchev–Trinajstić information content (AvgIpc) is 3.17. The van der Waals surface area contributed by atoms with E-state index in [4.69, 9.17) is 4.74 Å². The summed E-state index contributed by atoms with van der Waals surface area (Å²) in [4.78, 5) is 15.2. The Bertz CT molecular complexity index is 634. The average molecular weight is 341 g/mol. The number of hydrogen-bond donors (Lipinski definition) is 1. The Kier molecular flexibility index (Phi) is 5.93. The van der Waals surface area contributed by atoms with Crippen molar-refractivity contribution in [3.63, 3.8) is 0 Å². The van der Waals surface area contributed by atoms with Crippen LogP contribution >= 0.6 is 0 Å². The van der Waals surface area contributed by atoms with E-state index in [1.807, 2.05) is 24.3 Å². The number of para-hydroxylation sites is 1. The standard InChI is InChI=1S/C20H27N3O2/c1-25-19-10-6-5-9-17(19)18(13-21)22-20(24)15-11-12-23(14-15)16-7-3-2-4-8-16/h5-6,9-10,15-16,18H,2-4,7-8,11-12,14H2,1H3,(H,22,24)/t15-,18+/m0/s1. The van der Waals surface area contributed by atoms with Gasteiger partial charge < -0.3 is 10.1 Å². The molecule has 3 rings (SSSR count). The van der Waals surface area contributed by atoms with E-state index in [0.29, 0.717) is 17.4 Å². The molecule has 1 aliphatic carbocycles. The lowest BCUT2D eigenvalue weighted by molar-refractivity contribution is -0.125. The van der Waals surface area contributed by atoms with Gasteiger partial charge in [-0.1, -0.05) is 37.5 Å². The van der Waals surface area contributed by atoms with Crippen molar-refractivity contribution in [3.8, 4) is 11.8 Å². The number of nitriles is 1. The van der Waals surface area contributed by atoms with E-state index in [1.54, 1.807) is 7.11 Å². The van der Waals surface area contributed by atoms with E-state index in [9.17, 15) is 10.1 Å². The second-order valence-electron chi connectivity index (χ2n) is 7.09. The molecule has 2 aliphatic rings. The van der Waals surface area contributed by atoms with Gasteiger partial charge in [-0.3, -0.25) is 9.69 Å². The third-order valence-corrected chi connectivity index (χ3v) is 5.55. The summed E-state index contributed by atoms with van der Waals surface area (Å²) in [6, 6.07) is 9.52. The molecule has 1 saturated heterocycles.